The first-order chi connectivity index (χ1) is 12.9. The van der Waals surface area contributed by atoms with Crippen molar-refractivity contribution in [2.24, 2.45) is 5.73 Å². The van der Waals surface area contributed by atoms with E-state index in [4.69, 9.17) is 21.5 Å². The fourth-order valence-corrected chi connectivity index (χ4v) is 3.70. The van der Waals surface area contributed by atoms with Crippen LogP contribution in [0.3, 0.4) is 0 Å². The highest BCUT2D eigenvalue weighted by Gasteiger charge is 2.46. The van der Waals surface area contributed by atoms with E-state index in [9.17, 15) is 8.42 Å². The van der Waals surface area contributed by atoms with Gasteiger partial charge in [0, 0.05) is 12.1 Å². The third kappa shape index (κ3) is 4.06. The highest BCUT2D eigenvalue weighted by atomic mass is 32.2. The molecule has 1 aromatic carbocycles. The second-order valence-electron chi connectivity index (χ2n) is 6.38. The molecule has 0 spiro atoms. The first-order valence-corrected chi connectivity index (χ1v) is 10.0. The van der Waals surface area contributed by atoms with Crippen molar-refractivity contribution in [2.75, 3.05) is 13.2 Å². The molecule has 0 aliphatic carbocycles. The molecule has 1 saturated heterocycles. The Kier molecular flexibility index (Phi) is 5.67. The van der Waals surface area contributed by atoms with Crippen molar-refractivity contribution in [3.05, 3.63) is 36.2 Å². The standard InChI is InChI=1S/C17H19B2N3O4S/c1-4-15-17(19(26-11-20)18-10-25-18)21-9-16(22-15)13-5-7-14(8-6-13)27(23,24)12(2)3/h1,5-9,12H,10-11,20H2,2-3H3. The van der Waals surface area contributed by atoms with Gasteiger partial charge in [0.2, 0.25) is 0 Å². The average Bonchev–Trinajstić information content (AvgIpc) is 3.51. The minimum Gasteiger partial charge on any atom is -0.442 e. The Morgan fingerprint density at radius 1 is 1.41 bits per heavy atom. The molecule has 0 atom stereocenters. The predicted octanol–water partition coefficient (Wildman–Crippen LogP) is 0.0776. The van der Waals surface area contributed by atoms with E-state index in [-0.39, 0.29) is 18.4 Å². The predicted molar refractivity (Wildman–Crippen MR) is 105 cm³/mol. The molecule has 0 radical (unpaired) electrons. The van der Waals surface area contributed by atoms with Crippen LogP contribution in [0.15, 0.2) is 35.4 Å². The number of hydrogen-bond donors (Lipinski definition) is 1. The number of benzene rings is 1. The van der Waals surface area contributed by atoms with Gasteiger partial charge in [-0.3, -0.25) is 4.98 Å². The lowest BCUT2D eigenvalue weighted by molar-refractivity contribution is 0.347. The van der Waals surface area contributed by atoms with E-state index in [2.05, 4.69) is 15.9 Å². The molecular formula is C17H19B2N3O4S. The van der Waals surface area contributed by atoms with Crippen molar-refractivity contribution >= 4 is 29.0 Å². The van der Waals surface area contributed by atoms with Gasteiger partial charge in [-0.1, -0.05) is 12.1 Å². The fourth-order valence-electron chi connectivity index (χ4n) is 2.64. The zero-order valence-corrected chi connectivity index (χ0v) is 15.9. The summed E-state index contributed by atoms with van der Waals surface area (Å²) in [6.07, 6.45) is 7.19. The summed E-state index contributed by atoms with van der Waals surface area (Å²) >= 11 is 0. The maximum atomic E-state index is 12.2. The number of nitrogens with zero attached hydrogens (tertiary/aromatic N) is 2. The Bertz CT molecular complexity index is 971. The van der Waals surface area contributed by atoms with E-state index >= 15 is 0 Å². The summed E-state index contributed by atoms with van der Waals surface area (Å²) in [6, 6.07) is 6.51. The van der Waals surface area contributed by atoms with Crippen LogP contribution >= 0.6 is 0 Å². The van der Waals surface area contributed by atoms with Crippen molar-refractivity contribution in [3.63, 3.8) is 0 Å². The molecule has 27 heavy (non-hydrogen) atoms. The molecule has 0 saturated carbocycles. The van der Waals surface area contributed by atoms with Gasteiger partial charge in [-0.25, -0.2) is 13.4 Å². The Labute approximate surface area is 159 Å². The summed E-state index contributed by atoms with van der Waals surface area (Å²) in [6.45, 7) is 3.29. The Balaban J connectivity index is 1.93. The zero-order valence-electron chi connectivity index (χ0n) is 15.1. The summed E-state index contributed by atoms with van der Waals surface area (Å²) in [5.41, 5.74) is 7.60. The van der Waals surface area contributed by atoms with Gasteiger partial charge in [-0.05, 0) is 31.9 Å². The van der Waals surface area contributed by atoms with Gasteiger partial charge >= 0.3 is 13.6 Å². The SMILES string of the molecule is C#Cc1nc(-c2ccc(S(=O)(=O)C(C)C)cc2)cnc1B(OCN)B1CO1. The minimum absolute atomic E-state index is 0.0176. The molecule has 1 aliphatic heterocycles. The molecule has 2 N–H and O–H groups in total. The Morgan fingerprint density at radius 2 is 2.07 bits per heavy atom. The molecule has 1 aliphatic rings. The molecular weight excluding hydrogens is 364 g/mol. The second-order valence-corrected chi connectivity index (χ2v) is 8.88. The van der Waals surface area contributed by atoms with Gasteiger partial charge in [0.25, 0.3) is 0 Å². The summed E-state index contributed by atoms with van der Waals surface area (Å²) in [5, 5.41) is -0.486. The average molecular weight is 383 g/mol. The van der Waals surface area contributed by atoms with E-state index in [0.717, 1.165) is 0 Å². The van der Waals surface area contributed by atoms with Crippen LogP contribution in [0.2, 0.25) is 0 Å². The molecule has 10 heteroatoms. The summed E-state index contributed by atoms with van der Waals surface area (Å²) in [5.74, 6) is 2.53. The second kappa shape index (κ2) is 7.82. The molecule has 2 heterocycles. The lowest BCUT2D eigenvalue weighted by Crippen LogP contribution is -2.47. The van der Waals surface area contributed by atoms with Gasteiger partial charge in [-0.15, -0.1) is 6.42 Å². The molecule has 3 rings (SSSR count). The summed E-state index contributed by atoms with van der Waals surface area (Å²) < 4.78 is 35.3. The number of sulfone groups is 1. The Morgan fingerprint density at radius 3 is 2.59 bits per heavy atom. The maximum absolute atomic E-state index is 12.2. The highest BCUT2D eigenvalue weighted by molar-refractivity contribution is 7.92. The number of hydrogen-bond acceptors (Lipinski definition) is 7. The van der Waals surface area contributed by atoms with E-state index in [1.54, 1.807) is 44.3 Å². The molecule has 1 fully saturated rings. The van der Waals surface area contributed by atoms with Crippen LogP contribution in [-0.4, -0.2) is 50.5 Å². The van der Waals surface area contributed by atoms with E-state index < -0.39 is 21.9 Å². The summed E-state index contributed by atoms with van der Waals surface area (Å²) in [7, 11) is -3.33. The van der Waals surface area contributed by atoms with Gasteiger partial charge in [0.15, 0.2) is 9.84 Å². The number of rotatable bonds is 7. The smallest absolute Gasteiger partial charge is 0.350 e. The van der Waals surface area contributed by atoms with Gasteiger partial charge in [0.1, 0.15) is 5.69 Å². The van der Waals surface area contributed by atoms with Gasteiger partial charge < -0.3 is 15.0 Å². The first kappa shape index (κ1) is 19.6. The number of nitrogens with two attached hydrogens (primary N) is 1. The third-order valence-corrected chi connectivity index (χ3v) is 6.45. The van der Waals surface area contributed by atoms with Gasteiger partial charge in [0.05, 0.1) is 34.4 Å². The third-order valence-electron chi connectivity index (χ3n) is 4.28. The molecule has 138 valence electrons. The van der Waals surface area contributed by atoms with Gasteiger partial charge in [-0.2, -0.15) is 0 Å². The highest BCUT2D eigenvalue weighted by Crippen LogP contribution is 2.22. The maximum Gasteiger partial charge on any atom is 0.350 e. The number of terminal acetylenes is 1. The zero-order chi connectivity index (χ0) is 19.6. The lowest BCUT2D eigenvalue weighted by Gasteiger charge is -2.12. The lowest BCUT2D eigenvalue weighted by atomic mass is 9.29. The molecule has 7 nitrogen and oxygen atoms in total. The molecule has 0 amide bonds. The van der Waals surface area contributed by atoms with E-state index in [0.29, 0.717) is 29.1 Å². The van der Waals surface area contributed by atoms with Crippen molar-refractivity contribution in [1.82, 2.24) is 9.97 Å². The fraction of sp³-hybridized carbons (Fsp3) is 0.294. The van der Waals surface area contributed by atoms with Crippen LogP contribution in [0.25, 0.3) is 11.3 Å². The van der Waals surface area contributed by atoms with Crippen LogP contribution in [0.1, 0.15) is 19.5 Å². The van der Waals surface area contributed by atoms with Crippen LogP contribution in [0.5, 0.6) is 0 Å². The summed E-state index contributed by atoms with van der Waals surface area (Å²) in [4.78, 5) is 9.17. The molecule has 1 aromatic heterocycles. The first-order valence-electron chi connectivity index (χ1n) is 8.49. The monoisotopic (exact) mass is 383 g/mol. The molecule has 2 aromatic rings. The van der Waals surface area contributed by atoms with Crippen LogP contribution in [-0.2, 0) is 19.1 Å². The largest absolute Gasteiger partial charge is 0.442 e. The van der Waals surface area contributed by atoms with Crippen LogP contribution in [0, 0.1) is 12.3 Å². The van der Waals surface area contributed by atoms with Crippen LogP contribution in [0.4, 0.5) is 0 Å². The van der Waals surface area contributed by atoms with Crippen LogP contribution < -0.4 is 11.3 Å². The number of aromatic nitrogens is 2. The normalized spacial score (nSPS) is 13.5. The van der Waals surface area contributed by atoms with E-state index in [1.165, 1.54) is 0 Å². The Hall–Kier alpha value is -2.18. The van der Waals surface area contributed by atoms with Crippen molar-refractivity contribution in [2.45, 2.75) is 24.0 Å². The molecule has 0 unspecified atom stereocenters. The topological polar surface area (TPSA) is 108 Å². The minimum atomic E-state index is -3.33. The quantitative estimate of drug-likeness (QED) is 0.312. The van der Waals surface area contributed by atoms with Crippen molar-refractivity contribution < 1.29 is 17.7 Å². The van der Waals surface area contributed by atoms with Crippen molar-refractivity contribution in [1.29, 1.82) is 0 Å². The van der Waals surface area contributed by atoms with Crippen molar-refractivity contribution in [3.8, 4) is 23.6 Å². The molecule has 0 bridgehead atoms. The van der Waals surface area contributed by atoms with E-state index in [1.807, 2.05) is 0 Å².